The topological polar surface area (TPSA) is 107 Å². The molecule has 2 aromatic rings. The predicted octanol–water partition coefficient (Wildman–Crippen LogP) is 3.76. The van der Waals surface area contributed by atoms with E-state index in [4.69, 9.17) is 4.74 Å². The van der Waals surface area contributed by atoms with Crippen LogP contribution in [0.25, 0.3) is 0 Å². The zero-order valence-corrected chi connectivity index (χ0v) is 16.1. The number of nitrogens with zero attached hydrogens (tertiary/aromatic N) is 2. The second-order valence-corrected chi connectivity index (χ2v) is 8.34. The van der Waals surface area contributed by atoms with Gasteiger partial charge in [0.05, 0.1) is 9.82 Å². The summed E-state index contributed by atoms with van der Waals surface area (Å²) in [5, 5.41) is 11.5. The number of nitro benzene ring substituents is 1. The molecule has 8 nitrogen and oxygen atoms in total. The third kappa shape index (κ3) is 4.05. The predicted molar refractivity (Wildman–Crippen MR) is 102 cm³/mol. The number of nitro groups is 1. The summed E-state index contributed by atoms with van der Waals surface area (Å²) in [6.45, 7) is 2.59. The number of hydrogen-bond donors (Lipinski definition) is 0. The number of rotatable bonds is 7. The van der Waals surface area contributed by atoms with Crippen LogP contribution in [0, 0.1) is 10.1 Å². The van der Waals surface area contributed by atoms with Gasteiger partial charge in [0.25, 0.3) is 0 Å². The summed E-state index contributed by atoms with van der Waals surface area (Å²) in [6, 6.07) is 9.87. The maximum atomic E-state index is 12.6. The molecule has 0 saturated carbocycles. The summed E-state index contributed by atoms with van der Waals surface area (Å²) in [7, 11) is -3.77. The highest BCUT2D eigenvalue weighted by atomic mass is 32.2. The van der Waals surface area contributed by atoms with Crippen molar-refractivity contribution in [1.29, 1.82) is 0 Å². The zero-order chi connectivity index (χ0) is 20.3. The summed E-state index contributed by atoms with van der Waals surface area (Å²) >= 11 is 0. The first-order valence-corrected chi connectivity index (χ1v) is 10.4. The Labute approximate surface area is 162 Å². The van der Waals surface area contributed by atoms with E-state index in [0.717, 1.165) is 18.9 Å². The van der Waals surface area contributed by atoms with E-state index in [-0.39, 0.29) is 16.4 Å². The Bertz CT molecular complexity index is 996. The van der Waals surface area contributed by atoms with Crippen molar-refractivity contribution in [1.82, 2.24) is 4.31 Å². The van der Waals surface area contributed by atoms with Gasteiger partial charge in [0.15, 0.2) is 5.78 Å². The van der Waals surface area contributed by atoms with Gasteiger partial charge in [-0.2, -0.15) is 4.31 Å². The Hall–Kier alpha value is -2.78. The van der Waals surface area contributed by atoms with E-state index in [2.05, 4.69) is 0 Å². The minimum atomic E-state index is -3.77. The standard InChI is InChI=1S/C19H20N2O6S/c1-2-18(22)14-5-7-15(8-6-14)27-19-10-9-16(13-17(19)21(23)24)28(25,26)20-11-3-4-12-20/h5-10,13H,2-4,11-12H2,1H3. The van der Waals surface area contributed by atoms with Crippen LogP contribution >= 0.6 is 0 Å². The molecule has 2 aromatic carbocycles. The van der Waals surface area contributed by atoms with Gasteiger partial charge in [0, 0.05) is 31.1 Å². The van der Waals surface area contributed by atoms with Crippen LogP contribution in [0.5, 0.6) is 11.5 Å². The van der Waals surface area contributed by atoms with E-state index in [1.165, 1.54) is 16.4 Å². The lowest BCUT2D eigenvalue weighted by atomic mass is 10.1. The molecular weight excluding hydrogens is 384 g/mol. The number of benzene rings is 2. The summed E-state index contributed by atoms with van der Waals surface area (Å²) in [5.41, 5.74) is 0.0883. The van der Waals surface area contributed by atoms with E-state index in [9.17, 15) is 23.3 Å². The van der Waals surface area contributed by atoms with Crippen molar-refractivity contribution in [3.8, 4) is 11.5 Å². The molecule has 3 rings (SSSR count). The summed E-state index contributed by atoms with van der Waals surface area (Å²) < 4.78 is 32.2. The lowest BCUT2D eigenvalue weighted by Gasteiger charge is -2.16. The number of ketones is 1. The maximum absolute atomic E-state index is 12.6. The van der Waals surface area contributed by atoms with Gasteiger partial charge in [-0.3, -0.25) is 14.9 Å². The first-order chi connectivity index (χ1) is 13.3. The van der Waals surface area contributed by atoms with Gasteiger partial charge in [0.2, 0.25) is 15.8 Å². The van der Waals surface area contributed by atoms with Crippen LogP contribution in [0.3, 0.4) is 0 Å². The zero-order valence-electron chi connectivity index (χ0n) is 15.3. The largest absolute Gasteiger partial charge is 0.450 e. The second kappa shape index (κ2) is 8.07. The van der Waals surface area contributed by atoms with Crippen molar-refractivity contribution < 1.29 is 22.9 Å². The minimum Gasteiger partial charge on any atom is -0.450 e. The Morgan fingerprint density at radius 2 is 1.79 bits per heavy atom. The molecule has 1 heterocycles. The van der Waals surface area contributed by atoms with Gasteiger partial charge in [-0.05, 0) is 49.2 Å². The molecule has 0 amide bonds. The smallest absolute Gasteiger partial charge is 0.312 e. The Morgan fingerprint density at radius 1 is 1.14 bits per heavy atom. The number of Topliss-reactive ketones (excluding diaryl/α,β-unsaturated/α-hetero) is 1. The van der Waals surface area contributed by atoms with Crippen LogP contribution in [0.4, 0.5) is 5.69 Å². The molecular formula is C19H20N2O6S. The molecule has 0 aromatic heterocycles. The number of sulfonamides is 1. The highest BCUT2D eigenvalue weighted by Crippen LogP contribution is 2.34. The molecule has 0 aliphatic carbocycles. The molecule has 0 N–H and O–H groups in total. The molecule has 1 fully saturated rings. The van der Waals surface area contributed by atoms with Crippen molar-refractivity contribution in [2.75, 3.05) is 13.1 Å². The lowest BCUT2D eigenvalue weighted by Crippen LogP contribution is -2.27. The van der Waals surface area contributed by atoms with E-state index < -0.39 is 20.6 Å². The monoisotopic (exact) mass is 404 g/mol. The van der Waals surface area contributed by atoms with Crippen molar-refractivity contribution >= 4 is 21.5 Å². The van der Waals surface area contributed by atoms with Crippen LogP contribution in [0.15, 0.2) is 47.4 Å². The molecule has 148 valence electrons. The fourth-order valence-electron chi connectivity index (χ4n) is 3.00. The van der Waals surface area contributed by atoms with Crippen molar-refractivity contribution in [3.63, 3.8) is 0 Å². The van der Waals surface area contributed by atoms with E-state index in [0.29, 0.717) is 30.8 Å². The van der Waals surface area contributed by atoms with Gasteiger partial charge >= 0.3 is 5.69 Å². The maximum Gasteiger partial charge on any atom is 0.312 e. The number of ether oxygens (including phenoxy) is 1. The lowest BCUT2D eigenvalue weighted by molar-refractivity contribution is -0.385. The Kier molecular flexibility index (Phi) is 5.76. The second-order valence-electron chi connectivity index (χ2n) is 6.40. The van der Waals surface area contributed by atoms with Crippen LogP contribution in [-0.2, 0) is 10.0 Å². The number of carbonyl (C=O) groups is 1. The number of hydrogen-bond acceptors (Lipinski definition) is 6. The quantitative estimate of drug-likeness (QED) is 0.395. The first kappa shape index (κ1) is 20.0. The molecule has 0 unspecified atom stereocenters. The molecule has 1 aliphatic rings. The van der Waals surface area contributed by atoms with E-state index in [1.54, 1.807) is 31.2 Å². The molecule has 0 spiro atoms. The SMILES string of the molecule is CCC(=O)c1ccc(Oc2ccc(S(=O)(=O)N3CCCC3)cc2[N+](=O)[O-])cc1. The fraction of sp³-hybridized carbons (Fsp3) is 0.316. The minimum absolute atomic E-state index is 0.0194. The average molecular weight is 404 g/mol. The Morgan fingerprint density at radius 3 is 2.36 bits per heavy atom. The number of carbonyl (C=O) groups excluding carboxylic acids is 1. The van der Waals surface area contributed by atoms with Crippen LogP contribution in [0.2, 0.25) is 0 Å². The van der Waals surface area contributed by atoms with Gasteiger partial charge in [0.1, 0.15) is 5.75 Å². The van der Waals surface area contributed by atoms with Gasteiger partial charge in [-0.1, -0.05) is 6.92 Å². The molecule has 28 heavy (non-hydrogen) atoms. The molecule has 1 aliphatic heterocycles. The molecule has 0 atom stereocenters. The molecule has 1 saturated heterocycles. The molecule has 0 radical (unpaired) electrons. The fourth-order valence-corrected chi connectivity index (χ4v) is 4.54. The third-order valence-electron chi connectivity index (χ3n) is 4.56. The first-order valence-electron chi connectivity index (χ1n) is 8.92. The normalized spacial score (nSPS) is 14.8. The average Bonchev–Trinajstić information content (AvgIpc) is 3.23. The highest BCUT2D eigenvalue weighted by molar-refractivity contribution is 7.89. The van der Waals surface area contributed by atoms with Crippen molar-refractivity contribution in [2.45, 2.75) is 31.1 Å². The van der Waals surface area contributed by atoms with Gasteiger partial charge in [-0.15, -0.1) is 0 Å². The third-order valence-corrected chi connectivity index (χ3v) is 6.45. The van der Waals surface area contributed by atoms with E-state index in [1.807, 2.05) is 0 Å². The Balaban J connectivity index is 1.89. The molecule has 0 bridgehead atoms. The van der Waals surface area contributed by atoms with Gasteiger partial charge in [-0.25, -0.2) is 8.42 Å². The van der Waals surface area contributed by atoms with Crippen molar-refractivity contribution in [2.24, 2.45) is 0 Å². The van der Waals surface area contributed by atoms with Crippen LogP contribution in [0.1, 0.15) is 36.5 Å². The van der Waals surface area contributed by atoms with Crippen molar-refractivity contribution in [3.05, 3.63) is 58.1 Å². The molecule has 9 heteroatoms. The van der Waals surface area contributed by atoms with Crippen LogP contribution in [-0.4, -0.2) is 36.5 Å². The summed E-state index contributed by atoms with van der Waals surface area (Å²) in [5.74, 6) is 0.222. The summed E-state index contributed by atoms with van der Waals surface area (Å²) in [4.78, 5) is 22.3. The van der Waals surface area contributed by atoms with Gasteiger partial charge < -0.3 is 4.74 Å². The van der Waals surface area contributed by atoms with Crippen LogP contribution < -0.4 is 4.74 Å². The van der Waals surface area contributed by atoms with E-state index >= 15 is 0 Å². The highest BCUT2D eigenvalue weighted by Gasteiger charge is 2.30. The summed E-state index contributed by atoms with van der Waals surface area (Å²) in [6.07, 6.45) is 1.93.